The molecule has 1 saturated heterocycles. The van der Waals surface area contributed by atoms with Crippen LogP contribution in [0.3, 0.4) is 0 Å². The smallest absolute Gasteiger partial charge is 0.194 e. The van der Waals surface area contributed by atoms with Gasteiger partial charge in [0, 0.05) is 26.7 Å². The molecule has 26 heavy (non-hydrogen) atoms. The van der Waals surface area contributed by atoms with E-state index in [1.54, 1.807) is 21.0 Å². The molecule has 1 heterocycles. The SMILES string of the molecule is CCNC(=NCc1ccc(COC)cc1)N1CCS(=O)(=O)C(C)(C)C1.I. The summed E-state index contributed by atoms with van der Waals surface area (Å²) in [6.45, 7) is 8.41. The summed E-state index contributed by atoms with van der Waals surface area (Å²) in [6, 6.07) is 8.17. The van der Waals surface area contributed by atoms with Gasteiger partial charge in [-0.15, -0.1) is 24.0 Å². The summed E-state index contributed by atoms with van der Waals surface area (Å²) >= 11 is 0. The molecule has 1 N–H and O–H groups in total. The maximum Gasteiger partial charge on any atom is 0.194 e. The van der Waals surface area contributed by atoms with Gasteiger partial charge in [0.2, 0.25) is 0 Å². The van der Waals surface area contributed by atoms with E-state index >= 15 is 0 Å². The first-order chi connectivity index (χ1) is 11.8. The highest BCUT2D eigenvalue weighted by atomic mass is 127. The van der Waals surface area contributed by atoms with Crippen LogP contribution < -0.4 is 5.32 Å². The number of ether oxygens (including phenoxy) is 1. The minimum atomic E-state index is -3.06. The quantitative estimate of drug-likeness (QED) is 0.386. The number of sulfone groups is 1. The van der Waals surface area contributed by atoms with Crippen LogP contribution in [0.5, 0.6) is 0 Å². The van der Waals surface area contributed by atoms with Gasteiger partial charge in [0.15, 0.2) is 15.8 Å². The van der Waals surface area contributed by atoms with E-state index in [-0.39, 0.29) is 29.7 Å². The average molecular weight is 495 g/mol. The van der Waals surface area contributed by atoms with Crippen molar-refractivity contribution < 1.29 is 13.2 Å². The number of rotatable bonds is 5. The van der Waals surface area contributed by atoms with Gasteiger partial charge in [-0.05, 0) is 31.9 Å². The molecule has 148 valence electrons. The van der Waals surface area contributed by atoms with Gasteiger partial charge in [-0.25, -0.2) is 13.4 Å². The second-order valence-corrected chi connectivity index (χ2v) is 9.66. The minimum Gasteiger partial charge on any atom is -0.380 e. The number of nitrogens with zero attached hydrogens (tertiary/aromatic N) is 2. The van der Waals surface area contributed by atoms with Gasteiger partial charge in [-0.2, -0.15) is 0 Å². The minimum absolute atomic E-state index is 0. The third-order valence-electron chi connectivity index (χ3n) is 4.42. The molecule has 2 rings (SSSR count). The standard InChI is InChI=1S/C18H29N3O3S.HI/c1-5-19-17(21-10-11-25(22,23)18(2,3)14-21)20-12-15-6-8-16(9-7-15)13-24-4;/h6-9H,5,10-14H2,1-4H3,(H,19,20);1H. The maximum atomic E-state index is 12.2. The summed E-state index contributed by atoms with van der Waals surface area (Å²) in [6.07, 6.45) is 0. The van der Waals surface area contributed by atoms with Gasteiger partial charge >= 0.3 is 0 Å². The number of hydrogen-bond acceptors (Lipinski definition) is 4. The van der Waals surface area contributed by atoms with Crippen LogP contribution in [0.25, 0.3) is 0 Å². The number of benzene rings is 1. The molecule has 8 heteroatoms. The maximum absolute atomic E-state index is 12.2. The Morgan fingerprint density at radius 1 is 1.27 bits per heavy atom. The highest BCUT2D eigenvalue weighted by Crippen LogP contribution is 2.23. The van der Waals surface area contributed by atoms with Gasteiger partial charge in [-0.3, -0.25) is 0 Å². The second-order valence-electron chi connectivity index (χ2n) is 6.92. The van der Waals surface area contributed by atoms with Crippen molar-refractivity contribution in [1.82, 2.24) is 10.2 Å². The van der Waals surface area contributed by atoms with Crippen LogP contribution in [-0.4, -0.2) is 56.5 Å². The fraction of sp³-hybridized carbons (Fsp3) is 0.611. The second kappa shape index (κ2) is 9.89. The van der Waals surface area contributed by atoms with Crippen molar-refractivity contribution in [1.29, 1.82) is 0 Å². The van der Waals surface area contributed by atoms with Crippen LogP contribution in [0.2, 0.25) is 0 Å². The van der Waals surface area contributed by atoms with E-state index in [2.05, 4.69) is 5.32 Å². The first kappa shape index (κ1) is 23.2. The molecule has 0 spiro atoms. The summed E-state index contributed by atoms with van der Waals surface area (Å²) in [5.41, 5.74) is 2.24. The zero-order valence-electron chi connectivity index (χ0n) is 16.0. The van der Waals surface area contributed by atoms with Crippen molar-refractivity contribution in [2.45, 2.75) is 38.7 Å². The normalized spacial score (nSPS) is 18.9. The predicted octanol–water partition coefficient (Wildman–Crippen LogP) is 2.43. The van der Waals surface area contributed by atoms with Gasteiger partial charge < -0.3 is 15.0 Å². The van der Waals surface area contributed by atoms with Gasteiger partial charge in [0.1, 0.15) is 0 Å². The van der Waals surface area contributed by atoms with Crippen LogP contribution in [0.4, 0.5) is 0 Å². The lowest BCUT2D eigenvalue weighted by molar-refractivity contribution is 0.185. The molecular formula is C18H30IN3O3S. The molecule has 0 amide bonds. The summed E-state index contributed by atoms with van der Waals surface area (Å²) in [5, 5.41) is 3.28. The Morgan fingerprint density at radius 3 is 2.42 bits per heavy atom. The van der Waals surface area contributed by atoms with Crippen molar-refractivity contribution >= 4 is 39.8 Å². The van der Waals surface area contributed by atoms with Crippen LogP contribution in [0, 0.1) is 0 Å². The molecule has 1 fully saturated rings. The van der Waals surface area contributed by atoms with E-state index in [1.165, 1.54) is 0 Å². The molecule has 0 unspecified atom stereocenters. The van der Waals surface area contributed by atoms with E-state index in [0.29, 0.717) is 26.2 Å². The predicted molar refractivity (Wildman–Crippen MR) is 117 cm³/mol. The fourth-order valence-corrected chi connectivity index (χ4v) is 4.19. The number of methoxy groups -OCH3 is 1. The number of halogens is 1. The van der Waals surface area contributed by atoms with Gasteiger partial charge in [-0.1, -0.05) is 24.3 Å². The highest BCUT2D eigenvalue weighted by molar-refractivity contribution is 14.0. The van der Waals surface area contributed by atoms with Crippen molar-refractivity contribution in [3.63, 3.8) is 0 Å². The summed E-state index contributed by atoms with van der Waals surface area (Å²) in [4.78, 5) is 6.75. The van der Waals surface area contributed by atoms with Crippen molar-refractivity contribution in [2.75, 3.05) is 32.5 Å². The lowest BCUT2D eigenvalue weighted by Crippen LogP contribution is -2.57. The lowest BCUT2D eigenvalue weighted by atomic mass is 10.1. The molecular weight excluding hydrogens is 465 g/mol. The molecule has 1 aromatic rings. The van der Waals surface area contributed by atoms with Crippen LogP contribution in [0.15, 0.2) is 29.3 Å². The van der Waals surface area contributed by atoms with Gasteiger partial charge in [0.25, 0.3) is 0 Å². The Balaban J connectivity index is 0.00000338. The van der Waals surface area contributed by atoms with E-state index < -0.39 is 14.6 Å². The summed E-state index contributed by atoms with van der Waals surface area (Å²) in [7, 11) is -1.37. The van der Waals surface area contributed by atoms with Crippen molar-refractivity contribution in [3.8, 4) is 0 Å². The number of aliphatic imine (C=N–C) groups is 1. The zero-order chi connectivity index (χ0) is 18.5. The molecule has 1 aliphatic rings. The van der Waals surface area contributed by atoms with Crippen molar-refractivity contribution in [2.24, 2.45) is 4.99 Å². The Hall–Kier alpha value is -0.870. The van der Waals surface area contributed by atoms with E-state index in [1.807, 2.05) is 36.1 Å². The molecule has 0 saturated carbocycles. The van der Waals surface area contributed by atoms with Crippen LogP contribution >= 0.6 is 24.0 Å². The fourth-order valence-electron chi connectivity index (χ4n) is 2.82. The highest BCUT2D eigenvalue weighted by Gasteiger charge is 2.40. The molecule has 0 aliphatic carbocycles. The summed E-state index contributed by atoms with van der Waals surface area (Å²) < 4.78 is 28.8. The van der Waals surface area contributed by atoms with E-state index in [4.69, 9.17) is 9.73 Å². The average Bonchev–Trinajstić information content (AvgIpc) is 2.56. The van der Waals surface area contributed by atoms with E-state index in [9.17, 15) is 8.42 Å². The van der Waals surface area contributed by atoms with E-state index in [0.717, 1.165) is 23.6 Å². The topological polar surface area (TPSA) is 71.0 Å². The third kappa shape index (κ3) is 5.82. The van der Waals surface area contributed by atoms with Crippen LogP contribution in [0.1, 0.15) is 31.9 Å². The number of nitrogens with one attached hydrogen (secondary N) is 1. The zero-order valence-corrected chi connectivity index (χ0v) is 19.1. The molecule has 0 bridgehead atoms. The largest absolute Gasteiger partial charge is 0.380 e. The third-order valence-corrected chi connectivity index (χ3v) is 6.96. The molecule has 1 aromatic carbocycles. The Morgan fingerprint density at radius 2 is 1.88 bits per heavy atom. The van der Waals surface area contributed by atoms with Gasteiger partial charge in [0.05, 0.1) is 23.7 Å². The molecule has 0 atom stereocenters. The Labute approximate surface area is 174 Å². The number of hydrogen-bond donors (Lipinski definition) is 1. The van der Waals surface area contributed by atoms with Crippen molar-refractivity contribution in [3.05, 3.63) is 35.4 Å². The first-order valence-corrected chi connectivity index (χ1v) is 10.3. The molecule has 0 aromatic heterocycles. The number of guanidine groups is 1. The monoisotopic (exact) mass is 495 g/mol. The Bertz CT molecular complexity index is 703. The summed E-state index contributed by atoms with van der Waals surface area (Å²) in [5.74, 6) is 0.933. The molecule has 0 radical (unpaired) electrons. The molecule has 1 aliphatic heterocycles. The molecule has 6 nitrogen and oxygen atoms in total. The lowest BCUT2D eigenvalue weighted by Gasteiger charge is -2.39. The first-order valence-electron chi connectivity index (χ1n) is 8.61. The van der Waals surface area contributed by atoms with Crippen LogP contribution in [-0.2, 0) is 27.7 Å². The Kier molecular flexibility index (Phi) is 8.81.